The summed E-state index contributed by atoms with van der Waals surface area (Å²) in [6.07, 6.45) is 0. The summed E-state index contributed by atoms with van der Waals surface area (Å²) in [5.41, 5.74) is 5.15. The number of nitrogens with two attached hydrogens (primary N) is 1. The van der Waals surface area contributed by atoms with E-state index in [1.54, 1.807) is 0 Å². The van der Waals surface area contributed by atoms with Crippen molar-refractivity contribution in [1.29, 1.82) is 0 Å². The smallest absolute Gasteiger partial charge is 0.422 e. The van der Waals surface area contributed by atoms with E-state index in [-0.39, 0.29) is 29.6 Å². The standard InChI is InChI=1S/C3H7NS3.Na/c4-1-2-7-3(5)6;/h1-2,4H2,(H,5,6);/q;+1/p-1. The van der Waals surface area contributed by atoms with E-state index < -0.39 is 0 Å². The van der Waals surface area contributed by atoms with Crippen LogP contribution in [-0.4, -0.2) is 15.8 Å². The number of thiocarbonyl (C=S) groups is 1. The topological polar surface area (TPSA) is 26.0 Å². The Morgan fingerprint density at radius 1 is 1.75 bits per heavy atom. The second-order valence-corrected chi connectivity index (χ2v) is 3.58. The zero-order chi connectivity index (χ0) is 5.70. The Kier molecular flexibility index (Phi) is 13.3. The van der Waals surface area contributed by atoms with Crippen LogP contribution in [0.5, 0.6) is 0 Å². The summed E-state index contributed by atoms with van der Waals surface area (Å²) >= 11 is 10.6. The molecule has 0 heterocycles. The molecule has 0 amide bonds. The third-order valence-electron chi connectivity index (χ3n) is 0.338. The van der Waals surface area contributed by atoms with Gasteiger partial charge in [0, 0.05) is 12.3 Å². The van der Waals surface area contributed by atoms with Gasteiger partial charge in [0.1, 0.15) is 0 Å². The SMILES string of the molecule is NCCSC(=S)[S-].[Na+]. The molecular formula is C3H6NNaS3. The van der Waals surface area contributed by atoms with Gasteiger partial charge in [-0.1, -0.05) is 3.53 Å². The first-order chi connectivity index (χ1) is 3.27. The summed E-state index contributed by atoms with van der Waals surface area (Å²) < 4.78 is 0.561. The fraction of sp³-hybridized carbons (Fsp3) is 0.667. The average molecular weight is 175 g/mol. The quantitative estimate of drug-likeness (QED) is 0.285. The summed E-state index contributed by atoms with van der Waals surface area (Å²) in [5.74, 6) is 0.850. The molecule has 8 heavy (non-hydrogen) atoms. The van der Waals surface area contributed by atoms with Crippen molar-refractivity contribution >= 4 is 40.1 Å². The van der Waals surface area contributed by atoms with Gasteiger partial charge in [0.05, 0.1) is 0 Å². The molecule has 0 unspecified atom stereocenters. The van der Waals surface area contributed by atoms with Crippen LogP contribution in [0.4, 0.5) is 0 Å². The molecule has 0 saturated heterocycles. The second kappa shape index (κ2) is 8.62. The molecule has 0 bridgehead atoms. The Morgan fingerprint density at radius 2 is 2.25 bits per heavy atom. The largest absolute Gasteiger partial charge is 1.00 e. The summed E-state index contributed by atoms with van der Waals surface area (Å²) in [6, 6.07) is 0. The minimum Gasteiger partial charge on any atom is -0.422 e. The number of hydrogen-bond acceptors (Lipinski definition) is 4. The summed E-state index contributed by atoms with van der Waals surface area (Å²) in [4.78, 5) is 0. The number of hydrogen-bond donors (Lipinski definition) is 1. The molecule has 0 aliphatic rings. The molecule has 0 saturated carbocycles. The molecule has 0 spiro atoms. The Balaban J connectivity index is 0. The van der Waals surface area contributed by atoms with Gasteiger partial charge in [0.15, 0.2) is 0 Å². The van der Waals surface area contributed by atoms with Gasteiger partial charge in [-0.05, 0) is 0 Å². The van der Waals surface area contributed by atoms with Gasteiger partial charge in [-0.3, -0.25) is 0 Å². The summed E-state index contributed by atoms with van der Waals surface area (Å²) in [6.45, 7) is 0.654. The monoisotopic (exact) mass is 175 g/mol. The first kappa shape index (κ1) is 12.3. The molecule has 0 radical (unpaired) electrons. The molecule has 0 aromatic heterocycles. The molecule has 0 aromatic carbocycles. The first-order valence-corrected chi connectivity index (χ1v) is 3.61. The van der Waals surface area contributed by atoms with Crippen molar-refractivity contribution in [3.8, 4) is 0 Å². The maximum Gasteiger partial charge on any atom is 1.00 e. The van der Waals surface area contributed by atoms with E-state index in [4.69, 9.17) is 5.73 Å². The van der Waals surface area contributed by atoms with Gasteiger partial charge in [0.25, 0.3) is 0 Å². The predicted molar refractivity (Wildman–Crippen MR) is 41.5 cm³/mol. The summed E-state index contributed by atoms with van der Waals surface area (Å²) in [5, 5.41) is 0. The van der Waals surface area contributed by atoms with Crippen molar-refractivity contribution in [1.82, 2.24) is 0 Å². The average Bonchev–Trinajstić information content (AvgIpc) is 1.61. The molecule has 2 N–H and O–H groups in total. The van der Waals surface area contributed by atoms with Crippen molar-refractivity contribution in [2.24, 2.45) is 5.73 Å². The van der Waals surface area contributed by atoms with E-state index in [0.29, 0.717) is 10.1 Å². The number of rotatable bonds is 2. The first-order valence-electron chi connectivity index (χ1n) is 1.81. The fourth-order valence-electron chi connectivity index (χ4n) is 0.142. The molecule has 1 nitrogen and oxygen atoms in total. The molecular weight excluding hydrogens is 169 g/mol. The normalized spacial score (nSPS) is 7.62. The van der Waals surface area contributed by atoms with Gasteiger partial charge in [-0.25, -0.2) is 0 Å². The van der Waals surface area contributed by atoms with Crippen LogP contribution in [0, 0.1) is 0 Å². The third kappa shape index (κ3) is 10.6. The van der Waals surface area contributed by atoms with E-state index in [2.05, 4.69) is 24.8 Å². The van der Waals surface area contributed by atoms with Crippen molar-refractivity contribution < 1.29 is 29.6 Å². The van der Waals surface area contributed by atoms with Crippen LogP contribution in [0.2, 0.25) is 0 Å². The molecule has 0 aliphatic carbocycles. The minimum absolute atomic E-state index is 0. The van der Waals surface area contributed by atoms with Gasteiger partial charge in [-0.2, -0.15) is 0 Å². The predicted octanol–water partition coefficient (Wildman–Crippen LogP) is -2.49. The van der Waals surface area contributed by atoms with Crippen LogP contribution in [0.1, 0.15) is 0 Å². The van der Waals surface area contributed by atoms with Crippen LogP contribution in [0.15, 0.2) is 0 Å². The Hall–Kier alpha value is 1.62. The molecule has 42 valence electrons. The second-order valence-electron chi connectivity index (χ2n) is 0.887. The number of thioether (sulfide) groups is 1. The van der Waals surface area contributed by atoms with Gasteiger partial charge >= 0.3 is 29.6 Å². The maximum atomic E-state index is 5.15. The van der Waals surface area contributed by atoms with E-state index >= 15 is 0 Å². The molecule has 0 fully saturated rings. The zero-order valence-corrected chi connectivity index (χ0v) is 9.17. The Labute approximate surface area is 86.9 Å². The molecule has 0 aromatic rings. The van der Waals surface area contributed by atoms with E-state index in [1.807, 2.05) is 0 Å². The van der Waals surface area contributed by atoms with Gasteiger partial charge in [0.2, 0.25) is 0 Å². The van der Waals surface area contributed by atoms with Crippen LogP contribution < -0.4 is 35.3 Å². The van der Waals surface area contributed by atoms with Gasteiger partial charge < -0.3 is 30.6 Å². The van der Waals surface area contributed by atoms with Gasteiger partial charge in [-0.15, -0.1) is 11.8 Å². The van der Waals surface area contributed by atoms with Crippen LogP contribution in [-0.2, 0) is 12.6 Å². The molecule has 0 aliphatic heterocycles. The Bertz CT molecular complexity index is 67.5. The fourth-order valence-corrected chi connectivity index (χ4v) is 0.927. The van der Waals surface area contributed by atoms with E-state index in [9.17, 15) is 0 Å². The summed E-state index contributed by atoms with van der Waals surface area (Å²) in [7, 11) is 0. The van der Waals surface area contributed by atoms with Crippen molar-refractivity contribution in [3.05, 3.63) is 0 Å². The minimum atomic E-state index is 0. The zero-order valence-electron chi connectivity index (χ0n) is 4.72. The van der Waals surface area contributed by atoms with Crippen molar-refractivity contribution in [3.63, 3.8) is 0 Å². The van der Waals surface area contributed by atoms with E-state index in [1.165, 1.54) is 11.8 Å². The maximum absolute atomic E-state index is 5.15. The van der Waals surface area contributed by atoms with Crippen molar-refractivity contribution in [2.75, 3.05) is 12.3 Å². The van der Waals surface area contributed by atoms with E-state index in [0.717, 1.165) is 5.75 Å². The van der Waals surface area contributed by atoms with Crippen molar-refractivity contribution in [2.45, 2.75) is 0 Å². The molecule has 0 rings (SSSR count). The van der Waals surface area contributed by atoms with Crippen LogP contribution in [0.3, 0.4) is 0 Å². The Morgan fingerprint density at radius 3 is 2.38 bits per heavy atom. The van der Waals surface area contributed by atoms with Crippen LogP contribution in [0.25, 0.3) is 0 Å². The molecule has 5 heteroatoms. The third-order valence-corrected chi connectivity index (χ3v) is 1.72. The van der Waals surface area contributed by atoms with Crippen LogP contribution >= 0.6 is 24.0 Å². The molecule has 0 atom stereocenters.